The van der Waals surface area contributed by atoms with Gasteiger partial charge < -0.3 is 0 Å². The standard InChI is InChI=1S/C34H33NP2.2ClH.Pt/c1-29(30-17-7-2-8-18-30)35(27-36(31-19-9-3-10-20-31)32-21-11-4-12-22-32)28-37(33-23-13-5-14-24-33)34-25-15-6-16-26-34;;;/h2-26,29H,27-28H2,1H3;2*1H;/q;;;+2/p-2/t29-;;;/m1.../s1. The Kier molecular flexibility index (Phi) is 13.4. The number of hydrogen-bond acceptors (Lipinski definition) is 1. The van der Waals surface area contributed by atoms with Crippen LogP contribution in [0.5, 0.6) is 0 Å². The van der Waals surface area contributed by atoms with Crippen molar-refractivity contribution >= 4 is 55.9 Å². The van der Waals surface area contributed by atoms with Crippen LogP contribution in [0, 0.1) is 0 Å². The van der Waals surface area contributed by atoms with Crippen LogP contribution in [0.3, 0.4) is 0 Å². The zero-order valence-electron chi connectivity index (χ0n) is 22.3. The van der Waals surface area contributed by atoms with Gasteiger partial charge in [-0.1, -0.05) is 152 Å². The van der Waals surface area contributed by atoms with E-state index in [4.69, 9.17) is 18.8 Å². The van der Waals surface area contributed by atoms with Gasteiger partial charge in [0.2, 0.25) is 0 Å². The Bertz CT molecular complexity index is 1200. The first-order valence-electron chi connectivity index (χ1n) is 13.1. The van der Waals surface area contributed by atoms with Gasteiger partial charge in [0, 0.05) is 18.6 Å². The van der Waals surface area contributed by atoms with E-state index < -0.39 is 32.3 Å². The number of hydrogen-bond donors (Lipinski definition) is 0. The van der Waals surface area contributed by atoms with Gasteiger partial charge in [-0.05, 0) is 49.5 Å². The molecular formula is C34H33Cl2NP2Pt. The second-order valence-electron chi connectivity index (χ2n) is 9.20. The summed E-state index contributed by atoms with van der Waals surface area (Å²) in [4.78, 5) is 2.74. The third-order valence-electron chi connectivity index (χ3n) is 6.75. The van der Waals surface area contributed by atoms with Crippen LogP contribution in [0.2, 0.25) is 0 Å². The van der Waals surface area contributed by atoms with E-state index in [2.05, 4.69) is 163 Å². The van der Waals surface area contributed by atoms with Crippen molar-refractivity contribution in [3.05, 3.63) is 157 Å². The molecule has 0 aliphatic carbocycles. The molecule has 208 valence electrons. The monoisotopic (exact) mass is 782 g/mol. The van der Waals surface area contributed by atoms with Crippen molar-refractivity contribution in [3.63, 3.8) is 0 Å². The molecule has 6 heteroatoms. The van der Waals surface area contributed by atoms with Gasteiger partial charge in [0.25, 0.3) is 0 Å². The van der Waals surface area contributed by atoms with E-state index >= 15 is 0 Å². The summed E-state index contributed by atoms with van der Waals surface area (Å²) in [6, 6.07) is 55.7. The molecule has 0 spiro atoms. The first kappa shape index (κ1) is 31.1. The van der Waals surface area contributed by atoms with Crippen LogP contribution in [0.4, 0.5) is 0 Å². The van der Waals surface area contributed by atoms with Crippen molar-refractivity contribution < 1.29 is 16.5 Å². The SMILES string of the molecule is C[C@H](c1ccccc1)N(CP(c1ccccc1)c1ccccc1)CP(c1ccccc1)c1ccccc1.[Cl][Pt][Cl]. The van der Waals surface area contributed by atoms with Crippen LogP contribution in [0.15, 0.2) is 152 Å². The quantitative estimate of drug-likeness (QED) is 0.128. The van der Waals surface area contributed by atoms with Crippen molar-refractivity contribution in [2.45, 2.75) is 13.0 Å². The van der Waals surface area contributed by atoms with Gasteiger partial charge in [-0.3, -0.25) is 4.90 Å². The predicted octanol–water partition coefficient (Wildman–Crippen LogP) is 8.61. The fraction of sp³-hybridized carbons (Fsp3) is 0.118. The van der Waals surface area contributed by atoms with Crippen LogP contribution in [0.1, 0.15) is 18.5 Å². The second-order valence-corrected chi connectivity index (χ2v) is 16.8. The summed E-state index contributed by atoms with van der Waals surface area (Å²) >= 11 is -0.472. The van der Waals surface area contributed by atoms with E-state index in [1.54, 1.807) is 0 Å². The average Bonchev–Trinajstić information content (AvgIpc) is 3.03. The fourth-order valence-electron chi connectivity index (χ4n) is 4.65. The molecule has 5 aromatic rings. The second kappa shape index (κ2) is 17.2. The van der Waals surface area contributed by atoms with Crippen LogP contribution in [0.25, 0.3) is 0 Å². The summed E-state index contributed by atoms with van der Waals surface area (Å²) in [5.41, 5.74) is 1.37. The maximum atomic E-state index is 4.88. The molecular weight excluding hydrogens is 750 g/mol. The fourth-order valence-corrected chi connectivity index (χ4v) is 9.60. The molecule has 0 fully saturated rings. The summed E-state index contributed by atoms with van der Waals surface area (Å²) in [6.45, 7) is 2.38. The summed E-state index contributed by atoms with van der Waals surface area (Å²) in [7, 11) is 8.66. The summed E-state index contributed by atoms with van der Waals surface area (Å²) in [5, 5.41) is 5.71. The van der Waals surface area contributed by atoms with Gasteiger partial charge in [-0.25, -0.2) is 0 Å². The zero-order chi connectivity index (χ0) is 28.0. The summed E-state index contributed by atoms with van der Waals surface area (Å²) in [5.74, 6) is 0. The Morgan fingerprint density at radius 2 is 0.750 bits per heavy atom. The summed E-state index contributed by atoms with van der Waals surface area (Å²) < 4.78 is 0. The number of halogens is 2. The first-order valence-corrected chi connectivity index (χ1v) is 21.8. The number of rotatable bonds is 10. The minimum absolute atomic E-state index is 0.302. The molecule has 0 saturated carbocycles. The van der Waals surface area contributed by atoms with Gasteiger partial charge >= 0.3 is 35.3 Å². The van der Waals surface area contributed by atoms with Gasteiger partial charge in [-0.2, -0.15) is 0 Å². The van der Waals surface area contributed by atoms with Crippen LogP contribution in [-0.4, -0.2) is 17.5 Å². The molecule has 40 heavy (non-hydrogen) atoms. The van der Waals surface area contributed by atoms with Crippen LogP contribution in [-0.2, 0) is 16.5 Å². The van der Waals surface area contributed by atoms with Gasteiger partial charge in [0.15, 0.2) is 0 Å². The van der Waals surface area contributed by atoms with E-state index in [9.17, 15) is 0 Å². The third-order valence-corrected chi connectivity index (χ3v) is 11.7. The molecule has 0 aliphatic rings. The Morgan fingerprint density at radius 1 is 0.500 bits per heavy atom. The average molecular weight is 784 g/mol. The van der Waals surface area contributed by atoms with Crippen molar-refractivity contribution in [2.24, 2.45) is 0 Å². The number of nitrogens with zero attached hydrogens (tertiary/aromatic N) is 1. The molecule has 0 amide bonds. The zero-order valence-corrected chi connectivity index (χ0v) is 27.9. The predicted molar refractivity (Wildman–Crippen MR) is 176 cm³/mol. The Labute approximate surface area is 258 Å². The molecule has 0 saturated heterocycles. The van der Waals surface area contributed by atoms with E-state index in [0.717, 1.165) is 12.6 Å². The Hall–Kier alpha value is -1.81. The summed E-state index contributed by atoms with van der Waals surface area (Å²) in [6.07, 6.45) is 2.02. The molecule has 5 rings (SSSR count). The molecule has 1 nitrogen and oxygen atoms in total. The molecule has 0 heterocycles. The first-order chi connectivity index (χ1) is 19.7. The normalized spacial score (nSPS) is 11.8. The van der Waals surface area contributed by atoms with E-state index in [0.29, 0.717) is 6.04 Å². The molecule has 5 aromatic carbocycles. The maximum absolute atomic E-state index is 4.88. The molecule has 0 aromatic heterocycles. The van der Waals surface area contributed by atoms with Crippen molar-refractivity contribution in [3.8, 4) is 0 Å². The van der Waals surface area contributed by atoms with Crippen LogP contribution >= 0.6 is 34.7 Å². The Balaban J connectivity index is 0.00000118. The van der Waals surface area contributed by atoms with E-state index in [1.807, 2.05) is 0 Å². The van der Waals surface area contributed by atoms with Crippen molar-refractivity contribution in [2.75, 3.05) is 12.6 Å². The molecule has 0 N–H and O–H groups in total. The van der Waals surface area contributed by atoms with Gasteiger partial charge in [0.1, 0.15) is 0 Å². The van der Waals surface area contributed by atoms with Gasteiger partial charge in [-0.15, -0.1) is 0 Å². The molecule has 0 bridgehead atoms. The minimum atomic E-state index is -0.545. The topological polar surface area (TPSA) is 3.24 Å². The third kappa shape index (κ3) is 9.10. The van der Waals surface area contributed by atoms with E-state index in [-0.39, 0.29) is 0 Å². The molecule has 0 radical (unpaired) electrons. The number of benzene rings is 5. The van der Waals surface area contributed by atoms with Crippen molar-refractivity contribution in [1.29, 1.82) is 0 Å². The van der Waals surface area contributed by atoms with Crippen molar-refractivity contribution in [1.82, 2.24) is 4.90 Å². The Morgan fingerprint density at radius 3 is 1.02 bits per heavy atom. The van der Waals surface area contributed by atoms with Crippen LogP contribution < -0.4 is 21.2 Å². The molecule has 0 aliphatic heterocycles. The molecule has 1 atom stereocenters. The van der Waals surface area contributed by atoms with Gasteiger partial charge in [0.05, 0.1) is 0 Å². The van der Waals surface area contributed by atoms with E-state index in [1.165, 1.54) is 26.8 Å². The molecule has 0 unspecified atom stereocenters.